The molecule has 3 atom stereocenters. The van der Waals surface area contributed by atoms with Gasteiger partial charge < -0.3 is 18.9 Å². The molecule has 0 aromatic heterocycles. The highest BCUT2D eigenvalue weighted by atomic mass is 32.2. The molecule has 0 bridgehead atoms. The van der Waals surface area contributed by atoms with Gasteiger partial charge in [-0.1, -0.05) is 54.6 Å². The van der Waals surface area contributed by atoms with Crippen molar-refractivity contribution in [2.75, 3.05) is 25.7 Å². The Morgan fingerprint density at radius 3 is 1.79 bits per heavy atom. The smallest absolute Gasteiger partial charge is 0.305 e. The fourth-order valence-electron chi connectivity index (χ4n) is 3.92. The van der Waals surface area contributed by atoms with E-state index >= 15 is 0 Å². The van der Waals surface area contributed by atoms with E-state index in [1.54, 1.807) is 12.1 Å². The molecule has 1 saturated heterocycles. The monoisotopic (exact) mass is 586 g/mol. The number of carbonyl (C=O) groups excluding carboxylic acids is 2. The van der Waals surface area contributed by atoms with Crippen molar-refractivity contribution < 1.29 is 53.7 Å². The summed E-state index contributed by atoms with van der Waals surface area (Å²) in [4.78, 5) is 23.7. The van der Waals surface area contributed by atoms with E-state index in [2.05, 4.69) is 0 Å². The summed E-state index contributed by atoms with van der Waals surface area (Å²) in [6.45, 7) is 0.485. The van der Waals surface area contributed by atoms with Crippen LogP contribution in [0.5, 0.6) is 0 Å². The van der Waals surface area contributed by atoms with Gasteiger partial charge in [-0.15, -0.1) is 0 Å². The Morgan fingerprint density at radius 1 is 0.795 bits per heavy atom. The molecular formula is C25H30O12S2. The summed E-state index contributed by atoms with van der Waals surface area (Å²) in [6, 6.07) is 17.0. The third-order valence-electron chi connectivity index (χ3n) is 5.55. The maximum atomic E-state index is 11.9. The molecule has 2 aromatic rings. The van der Waals surface area contributed by atoms with E-state index < -0.39 is 69.5 Å². The van der Waals surface area contributed by atoms with Crippen LogP contribution in [0.2, 0.25) is 0 Å². The number of hydrogen-bond donors (Lipinski definition) is 0. The molecule has 0 spiro atoms. The van der Waals surface area contributed by atoms with Crippen LogP contribution in [-0.4, -0.2) is 78.6 Å². The van der Waals surface area contributed by atoms with Gasteiger partial charge in [0.2, 0.25) is 6.29 Å². The zero-order chi connectivity index (χ0) is 28.8. The molecule has 0 unspecified atom stereocenters. The molecule has 0 N–H and O–H groups in total. The molecule has 0 amide bonds. The van der Waals surface area contributed by atoms with Crippen LogP contribution in [-0.2, 0) is 63.7 Å². The number of rotatable bonds is 12. The summed E-state index contributed by atoms with van der Waals surface area (Å²) in [5.74, 6) is -1.60. The average molecular weight is 587 g/mol. The Balaban J connectivity index is 1.96. The normalized spacial score (nSPS) is 20.9. The number of carbonyl (C=O) groups is 2. The summed E-state index contributed by atoms with van der Waals surface area (Å²) in [6.07, 6.45) is -2.82. The first kappa shape index (κ1) is 30.7. The molecule has 14 heteroatoms. The van der Waals surface area contributed by atoms with Gasteiger partial charge in [-0.2, -0.15) is 16.8 Å². The minimum absolute atomic E-state index is 0.104. The molecule has 1 heterocycles. The predicted octanol–water partition coefficient (Wildman–Crippen LogP) is 1.78. The molecule has 3 rings (SSSR count). The molecule has 214 valence electrons. The Bertz CT molecular complexity index is 1320. The Labute approximate surface area is 227 Å². The highest BCUT2D eigenvalue weighted by Crippen LogP contribution is 2.38. The van der Waals surface area contributed by atoms with Crippen LogP contribution in [0.15, 0.2) is 54.6 Å². The number of benzene rings is 2. The molecule has 39 heavy (non-hydrogen) atoms. The quantitative estimate of drug-likeness (QED) is 0.263. The van der Waals surface area contributed by atoms with E-state index in [0.717, 1.165) is 37.5 Å². The lowest BCUT2D eigenvalue weighted by molar-refractivity contribution is -0.211. The van der Waals surface area contributed by atoms with E-state index in [-0.39, 0.29) is 6.61 Å². The maximum absolute atomic E-state index is 11.9. The van der Waals surface area contributed by atoms with Crippen molar-refractivity contribution in [2.45, 2.75) is 44.6 Å². The Hall–Kier alpha value is -2.88. The topological polar surface area (TPSA) is 158 Å². The second-order valence-electron chi connectivity index (χ2n) is 8.96. The fourth-order valence-corrected chi connectivity index (χ4v) is 4.74. The van der Waals surface area contributed by atoms with Crippen LogP contribution in [0.25, 0.3) is 11.1 Å². The fraction of sp³-hybridized carbons (Fsp3) is 0.440. The van der Waals surface area contributed by atoms with Gasteiger partial charge in [0.25, 0.3) is 20.2 Å². The van der Waals surface area contributed by atoms with Crippen molar-refractivity contribution in [3.8, 4) is 11.1 Å². The van der Waals surface area contributed by atoms with E-state index in [9.17, 15) is 26.4 Å². The van der Waals surface area contributed by atoms with Gasteiger partial charge >= 0.3 is 11.9 Å². The minimum atomic E-state index is -4.06. The molecule has 2 aromatic carbocycles. The molecule has 0 saturated carbocycles. The van der Waals surface area contributed by atoms with E-state index in [1.807, 2.05) is 42.5 Å². The van der Waals surface area contributed by atoms with Gasteiger partial charge in [-0.3, -0.25) is 18.0 Å². The van der Waals surface area contributed by atoms with Crippen molar-refractivity contribution >= 4 is 32.2 Å². The Morgan fingerprint density at radius 2 is 1.31 bits per heavy atom. The summed E-state index contributed by atoms with van der Waals surface area (Å²) in [7, 11) is -8.12. The van der Waals surface area contributed by atoms with E-state index in [1.165, 1.54) is 0 Å². The lowest BCUT2D eigenvalue weighted by Crippen LogP contribution is -2.53. The molecule has 1 fully saturated rings. The standard InChI is InChI=1S/C25H30O12S2/c1-17(26)35-22-23(32-14-19-10-12-21(13-11-19)20-8-6-5-7-9-20)25(15-33-38(3,28)29,16-34-39(4,30)31)37-24(22)36-18(2)27/h5-13,22-24H,14-16H2,1-4H3/t22-,23+,24+/m1/s1. The van der Waals surface area contributed by atoms with Crippen LogP contribution >= 0.6 is 0 Å². The first-order chi connectivity index (χ1) is 18.2. The van der Waals surface area contributed by atoms with Crippen LogP contribution in [0.3, 0.4) is 0 Å². The number of hydrogen-bond acceptors (Lipinski definition) is 12. The van der Waals surface area contributed by atoms with Gasteiger partial charge in [0.05, 0.1) is 19.1 Å². The number of esters is 2. The van der Waals surface area contributed by atoms with Crippen LogP contribution in [0.1, 0.15) is 19.4 Å². The van der Waals surface area contributed by atoms with Crippen molar-refractivity contribution in [1.82, 2.24) is 0 Å². The van der Waals surface area contributed by atoms with Crippen molar-refractivity contribution in [3.05, 3.63) is 60.2 Å². The summed E-state index contributed by atoms with van der Waals surface area (Å²) >= 11 is 0. The zero-order valence-corrected chi connectivity index (χ0v) is 23.4. The van der Waals surface area contributed by atoms with E-state index in [4.69, 9.17) is 27.3 Å². The Kier molecular flexibility index (Phi) is 9.85. The van der Waals surface area contributed by atoms with Gasteiger partial charge in [-0.05, 0) is 16.7 Å². The second-order valence-corrected chi connectivity index (χ2v) is 12.2. The first-order valence-electron chi connectivity index (χ1n) is 11.6. The SMILES string of the molecule is CC(=O)O[C@H]1OC(COS(C)(=O)=O)(COS(C)(=O)=O)[C@@H](OCc2ccc(-c3ccccc3)cc2)[C@H]1OC(C)=O. The molecule has 1 aliphatic rings. The predicted molar refractivity (Wildman–Crippen MR) is 137 cm³/mol. The molecule has 1 aliphatic heterocycles. The molecular weight excluding hydrogens is 556 g/mol. The average Bonchev–Trinajstić information content (AvgIpc) is 3.11. The van der Waals surface area contributed by atoms with Gasteiger partial charge in [-0.25, -0.2) is 0 Å². The molecule has 0 radical (unpaired) electrons. The highest BCUT2D eigenvalue weighted by molar-refractivity contribution is 7.86. The third-order valence-corrected chi connectivity index (χ3v) is 6.64. The summed E-state index contributed by atoms with van der Waals surface area (Å²) in [5, 5.41) is 0. The maximum Gasteiger partial charge on any atom is 0.305 e. The molecule has 12 nitrogen and oxygen atoms in total. The zero-order valence-electron chi connectivity index (χ0n) is 21.8. The second kappa shape index (κ2) is 12.5. The molecule has 0 aliphatic carbocycles. The number of ether oxygens (including phenoxy) is 4. The van der Waals surface area contributed by atoms with Crippen molar-refractivity contribution in [3.63, 3.8) is 0 Å². The van der Waals surface area contributed by atoms with Gasteiger partial charge in [0, 0.05) is 13.8 Å². The van der Waals surface area contributed by atoms with Gasteiger partial charge in [0.1, 0.15) is 19.3 Å². The lowest BCUT2D eigenvalue weighted by atomic mass is 9.96. The minimum Gasteiger partial charge on any atom is -0.453 e. The van der Waals surface area contributed by atoms with Crippen LogP contribution in [0.4, 0.5) is 0 Å². The van der Waals surface area contributed by atoms with E-state index in [0.29, 0.717) is 5.56 Å². The summed E-state index contributed by atoms with van der Waals surface area (Å²) in [5.41, 5.74) is 0.641. The highest BCUT2D eigenvalue weighted by Gasteiger charge is 2.60. The van der Waals surface area contributed by atoms with Crippen molar-refractivity contribution in [1.29, 1.82) is 0 Å². The first-order valence-corrected chi connectivity index (χ1v) is 15.3. The largest absolute Gasteiger partial charge is 0.453 e. The van der Waals surface area contributed by atoms with Crippen LogP contribution < -0.4 is 0 Å². The van der Waals surface area contributed by atoms with Crippen LogP contribution in [0, 0.1) is 0 Å². The van der Waals surface area contributed by atoms with Crippen molar-refractivity contribution in [2.24, 2.45) is 0 Å². The summed E-state index contributed by atoms with van der Waals surface area (Å²) < 4.78 is 79.6. The third kappa shape index (κ3) is 9.08. The van der Waals surface area contributed by atoms with Gasteiger partial charge in [0.15, 0.2) is 11.7 Å². The lowest BCUT2D eigenvalue weighted by Gasteiger charge is -2.33.